The van der Waals surface area contributed by atoms with Gasteiger partial charge in [0.25, 0.3) is 0 Å². The number of hydrogen-bond acceptors (Lipinski definition) is 3. The van der Waals surface area contributed by atoms with Crippen LogP contribution in [-0.4, -0.2) is 21.6 Å². The van der Waals surface area contributed by atoms with Crippen molar-refractivity contribution in [1.82, 2.24) is 0 Å². The molecule has 0 fully saturated rings. The number of rotatable bonds is 2. The van der Waals surface area contributed by atoms with Gasteiger partial charge in [-0.2, -0.15) is 0 Å². The van der Waals surface area contributed by atoms with Crippen LogP contribution in [0.2, 0.25) is 0 Å². The minimum absolute atomic E-state index is 0.683. The second-order valence-corrected chi connectivity index (χ2v) is 5.30. The van der Waals surface area contributed by atoms with E-state index in [1.54, 1.807) is 11.8 Å². The maximum absolute atomic E-state index is 10.2. The Bertz CT molecular complexity index is 399. The molecule has 16 heavy (non-hydrogen) atoms. The first-order chi connectivity index (χ1) is 7.63. The van der Waals surface area contributed by atoms with E-state index in [9.17, 15) is 5.11 Å². The minimum atomic E-state index is -0.842. The van der Waals surface area contributed by atoms with Gasteiger partial charge in [-0.1, -0.05) is 36.8 Å². The zero-order valence-electron chi connectivity index (χ0n) is 9.73. The number of benzene rings is 1. The van der Waals surface area contributed by atoms with Crippen molar-refractivity contribution in [3.8, 4) is 0 Å². The molecular weight excluding hydrogens is 218 g/mol. The lowest BCUT2D eigenvalue weighted by Crippen LogP contribution is -2.30. The zero-order chi connectivity index (χ0) is 11.6. The van der Waals surface area contributed by atoms with E-state index < -0.39 is 5.72 Å². The Balaban J connectivity index is 2.30. The molecule has 2 nitrogen and oxygen atoms in total. The molecule has 0 aliphatic carbocycles. The molecule has 1 N–H and O–H groups in total. The number of aryl methyl sites for hydroxylation is 1. The fourth-order valence-corrected chi connectivity index (χ4v) is 2.85. The monoisotopic (exact) mass is 235 g/mol. The van der Waals surface area contributed by atoms with Crippen molar-refractivity contribution in [2.24, 2.45) is 4.99 Å². The average molecular weight is 235 g/mol. The molecule has 86 valence electrons. The highest BCUT2D eigenvalue weighted by molar-refractivity contribution is 8.14. The lowest BCUT2D eigenvalue weighted by molar-refractivity contribution is 0.0425. The molecule has 2 rings (SSSR count). The van der Waals surface area contributed by atoms with Crippen LogP contribution in [0.15, 0.2) is 29.3 Å². The van der Waals surface area contributed by atoms with Gasteiger partial charge in [-0.25, -0.2) is 4.99 Å². The average Bonchev–Trinajstić information content (AvgIpc) is 2.30. The number of nitrogens with zero attached hydrogens (tertiary/aromatic N) is 1. The van der Waals surface area contributed by atoms with Crippen molar-refractivity contribution in [1.29, 1.82) is 0 Å². The van der Waals surface area contributed by atoms with Crippen molar-refractivity contribution >= 4 is 16.8 Å². The zero-order valence-corrected chi connectivity index (χ0v) is 10.5. The summed E-state index contributed by atoms with van der Waals surface area (Å²) in [6.45, 7) is 4.05. The maximum Gasteiger partial charge on any atom is 0.157 e. The first-order valence-electron chi connectivity index (χ1n) is 5.65. The molecule has 1 heterocycles. The molecule has 0 amide bonds. The van der Waals surface area contributed by atoms with Gasteiger partial charge in [-0.05, 0) is 13.3 Å². The highest BCUT2D eigenvalue weighted by Crippen LogP contribution is 2.30. The molecule has 1 aliphatic rings. The molecule has 1 aromatic rings. The predicted molar refractivity (Wildman–Crippen MR) is 70.0 cm³/mol. The third kappa shape index (κ3) is 2.47. The van der Waals surface area contributed by atoms with Gasteiger partial charge < -0.3 is 5.11 Å². The van der Waals surface area contributed by atoms with Crippen molar-refractivity contribution in [3.05, 3.63) is 35.4 Å². The van der Waals surface area contributed by atoms with E-state index in [0.717, 1.165) is 22.8 Å². The lowest BCUT2D eigenvalue weighted by atomic mass is 10.1. The molecule has 1 unspecified atom stereocenters. The molecular formula is C13H17NOS. The van der Waals surface area contributed by atoms with E-state index in [2.05, 4.69) is 36.2 Å². The van der Waals surface area contributed by atoms with Crippen LogP contribution in [0.4, 0.5) is 0 Å². The first kappa shape index (κ1) is 11.7. The van der Waals surface area contributed by atoms with Gasteiger partial charge >= 0.3 is 0 Å². The summed E-state index contributed by atoms with van der Waals surface area (Å²) < 4.78 is 0. The summed E-state index contributed by atoms with van der Waals surface area (Å²) in [5.41, 5.74) is 1.52. The van der Waals surface area contributed by atoms with Crippen LogP contribution in [-0.2, 0) is 0 Å². The van der Waals surface area contributed by atoms with Gasteiger partial charge in [0.2, 0.25) is 0 Å². The third-order valence-corrected chi connectivity index (χ3v) is 3.92. The number of hydrogen-bond donors (Lipinski definition) is 1. The van der Waals surface area contributed by atoms with E-state index in [1.165, 1.54) is 5.56 Å². The van der Waals surface area contributed by atoms with Gasteiger partial charge in [0.15, 0.2) is 5.72 Å². The highest BCUT2D eigenvalue weighted by atomic mass is 32.2. The van der Waals surface area contributed by atoms with Gasteiger partial charge in [0.1, 0.15) is 5.04 Å². The largest absolute Gasteiger partial charge is 0.369 e. The minimum Gasteiger partial charge on any atom is -0.369 e. The molecule has 3 heteroatoms. The second kappa shape index (κ2) is 4.60. The van der Waals surface area contributed by atoms with Crippen molar-refractivity contribution in [3.63, 3.8) is 0 Å². The number of aliphatic hydroxyl groups is 1. The molecule has 0 saturated carbocycles. The standard InChI is InChI=1S/C13H17NOS/c1-3-13(15)8-9-16-12(14-13)11-6-4-10(2)5-7-11/h4-7,15H,3,8-9H2,1-2H3. The van der Waals surface area contributed by atoms with Gasteiger partial charge in [-0.3, -0.25) is 0 Å². The summed E-state index contributed by atoms with van der Waals surface area (Å²) in [6, 6.07) is 8.31. The van der Waals surface area contributed by atoms with E-state index in [0.29, 0.717) is 6.42 Å². The molecule has 0 spiro atoms. The van der Waals surface area contributed by atoms with Crippen LogP contribution in [0, 0.1) is 6.92 Å². The Morgan fingerprint density at radius 1 is 1.38 bits per heavy atom. The van der Waals surface area contributed by atoms with Crippen LogP contribution in [0.5, 0.6) is 0 Å². The Kier molecular flexibility index (Phi) is 3.36. The smallest absolute Gasteiger partial charge is 0.157 e. The van der Waals surface area contributed by atoms with E-state index in [4.69, 9.17) is 0 Å². The second-order valence-electron chi connectivity index (χ2n) is 4.22. The Morgan fingerprint density at radius 2 is 2.06 bits per heavy atom. The number of thioether (sulfide) groups is 1. The normalized spacial score (nSPS) is 25.3. The predicted octanol–water partition coefficient (Wildman–Crippen LogP) is 2.98. The Labute approximate surface area is 101 Å². The van der Waals surface area contributed by atoms with Gasteiger partial charge in [0.05, 0.1) is 0 Å². The van der Waals surface area contributed by atoms with Crippen LogP contribution < -0.4 is 0 Å². The summed E-state index contributed by atoms with van der Waals surface area (Å²) in [5.74, 6) is 0.942. The fourth-order valence-electron chi connectivity index (χ4n) is 1.69. The quantitative estimate of drug-likeness (QED) is 0.854. The summed E-state index contributed by atoms with van der Waals surface area (Å²) in [7, 11) is 0. The molecule has 1 atom stereocenters. The SMILES string of the molecule is CCC1(O)CCSC(c2ccc(C)cc2)=N1. The van der Waals surface area contributed by atoms with Crippen molar-refractivity contribution in [2.75, 3.05) is 5.75 Å². The molecule has 0 radical (unpaired) electrons. The maximum atomic E-state index is 10.2. The van der Waals surface area contributed by atoms with Crippen LogP contribution in [0.25, 0.3) is 0 Å². The number of aliphatic imine (C=N–C) groups is 1. The molecule has 1 aliphatic heterocycles. The highest BCUT2D eigenvalue weighted by Gasteiger charge is 2.28. The Hall–Kier alpha value is -0.800. The summed E-state index contributed by atoms with van der Waals surface area (Å²) in [4.78, 5) is 4.47. The van der Waals surface area contributed by atoms with Gasteiger partial charge in [-0.15, -0.1) is 11.8 Å². The van der Waals surface area contributed by atoms with E-state index in [-0.39, 0.29) is 0 Å². The van der Waals surface area contributed by atoms with E-state index in [1.807, 2.05) is 6.92 Å². The lowest BCUT2D eigenvalue weighted by Gasteiger charge is -2.27. The first-order valence-corrected chi connectivity index (χ1v) is 6.63. The van der Waals surface area contributed by atoms with Crippen LogP contribution in [0.1, 0.15) is 30.9 Å². The summed E-state index contributed by atoms with van der Waals surface area (Å²) >= 11 is 1.73. The van der Waals surface area contributed by atoms with E-state index >= 15 is 0 Å². The van der Waals surface area contributed by atoms with Crippen LogP contribution >= 0.6 is 11.8 Å². The Morgan fingerprint density at radius 3 is 2.69 bits per heavy atom. The van der Waals surface area contributed by atoms with Gasteiger partial charge in [0, 0.05) is 17.7 Å². The molecule has 0 bridgehead atoms. The summed E-state index contributed by atoms with van der Waals surface area (Å²) in [6.07, 6.45) is 1.44. The molecule has 0 saturated heterocycles. The topological polar surface area (TPSA) is 32.6 Å². The molecule has 1 aromatic carbocycles. The third-order valence-electron chi connectivity index (χ3n) is 2.92. The van der Waals surface area contributed by atoms with Crippen LogP contribution in [0.3, 0.4) is 0 Å². The fraction of sp³-hybridized carbons (Fsp3) is 0.462. The van der Waals surface area contributed by atoms with Crippen molar-refractivity contribution < 1.29 is 5.11 Å². The van der Waals surface area contributed by atoms with Crippen molar-refractivity contribution in [2.45, 2.75) is 32.4 Å². The summed E-state index contributed by atoms with van der Waals surface area (Å²) in [5, 5.41) is 11.1. The molecule has 0 aromatic heterocycles.